The van der Waals surface area contributed by atoms with E-state index >= 15 is 0 Å². The van der Waals surface area contributed by atoms with Crippen LogP contribution in [0, 0.1) is 11.8 Å². The highest BCUT2D eigenvalue weighted by Gasteiger charge is 2.34. The minimum absolute atomic E-state index is 0.311. The lowest BCUT2D eigenvalue weighted by Crippen LogP contribution is -2.45. The fourth-order valence-electron chi connectivity index (χ4n) is 3.91. The highest BCUT2D eigenvalue weighted by atomic mass is 16.3. The lowest BCUT2D eigenvalue weighted by atomic mass is 9.76. The van der Waals surface area contributed by atoms with Crippen LogP contribution in [0.4, 0.5) is 0 Å². The van der Waals surface area contributed by atoms with Crippen LogP contribution in [0.1, 0.15) is 51.9 Å². The van der Waals surface area contributed by atoms with Crippen LogP contribution in [0.15, 0.2) is 0 Å². The molecule has 2 rings (SSSR count). The van der Waals surface area contributed by atoms with Gasteiger partial charge < -0.3 is 10.4 Å². The molecule has 0 amide bonds. The molecule has 19 heavy (non-hydrogen) atoms. The number of aliphatic hydroxyl groups is 1. The predicted octanol–water partition coefficient (Wildman–Crippen LogP) is 2.25. The van der Waals surface area contributed by atoms with Crippen LogP contribution in [-0.2, 0) is 0 Å². The molecule has 0 saturated heterocycles. The van der Waals surface area contributed by atoms with Gasteiger partial charge in [-0.2, -0.15) is 0 Å². The van der Waals surface area contributed by atoms with Crippen molar-refractivity contribution in [1.29, 1.82) is 0 Å². The molecule has 2 aliphatic rings. The molecule has 2 N–H and O–H groups in total. The van der Waals surface area contributed by atoms with E-state index in [2.05, 4.69) is 24.2 Å². The summed E-state index contributed by atoms with van der Waals surface area (Å²) < 4.78 is 0. The van der Waals surface area contributed by atoms with E-state index in [1.807, 2.05) is 0 Å². The van der Waals surface area contributed by atoms with Gasteiger partial charge in [-0.25, -0.2) is 0 Å². The van der Waals surface area contributed by atoms with Gasteiger partial charge in [0.25, 0.3) is 0 Å². The van der Waals surface area contributed by atoms with Crippen molar-refractivity contribution in [2.24, 2.45) is 11.8 Å². The van der Waals surface area contributed by atoms with Gasteiger partial charge in [-0.05, 0) is 51.0 Å². The molecular formula is C16H32N2O. The molecule has 0 aromatic rings. The first-order valence-corrected chi connectivity index (χ1v) is 8.30. The molecule has 0 bridgehead atoms. The third-order valence-electron chi connectivity index (χ3n) is 5.08. The summed E-state index contributed by atoms with van der Waals surface area (Å²) in [6.07, 6.45) is 9.53. The van der Waals surface area contributed by atoms with Gasteiger partial charge in [0.1, 0.15) is 0 Å². The summed E-state index contributed by atoms with van der Waals surface area (Å²) in [5.74, 6) is 1.72. The highest BCUT2D eigenvalue weighted by Crippen LogP contribution is 2.35. The van der Waals surface area contributed by atoms with E-state index in [9.17, 15) is 5.11 Å². The van der Waals surface area contributed by atoms with E-state index in [0.717, 1.165) is 24.4 Å². The standard InChI is InChI=1S/C16H32N2O/c1-3-4-13-5-8-16(17-2)14(11-13)12-18(9-10-19)15-6-7-15/h13-17,19H,3-12H2,1-2H3. The van der Waals surface area contributed by atoms with Crippen LogP contribution in [-0.4, -0.2) is 48.8 Å². The zero-order valence-electron chi connectivity index (χ0n) is 12.8. The molecule has 2 fully saturated rings. The summed E-state index contributed by atoms with van der Waals surface area (Å²) in [5.41, 5.74) is 0. The molecule has 0 aliphatic heterocycles. The van der Waals surface area contributed by atoms with E-state index < -0.39 is 0 Å². The molecule has 0 radical (unpaired) electrons. The van der Waals surface area contributed by atoms with Crippen LogP contribution in [0.2, 0.25) is 0 Å². The molecule has 3 nitrogen and oxygen atoms in total. The maximum absolute atomic E-state index is 9.24. The molecule has 2 aliphatic carbocycles. The maximum atomic E-state index is 9.24. The minimum atomic E-state index is 0.311. The van der Waals surface area contributed by atoms with Crippen molar-refractivity contribution in [2.75, 3.05) is 26.7 Å². The summed E-state index contributed by atoms with van der Waals surface area (Å²) in [4.78, 5) is 2.54. The largest absolute Gasteiger partial charge is 0.395 e. The van der Waals surface area contributed by atoms with Gasteiger partial charge in [0.2, 0.25) is 0 Å². The maximum Gasteiger partial charge on any atom is 0.0558 e. The Kier molecular flexibility index (Phi) is 6.11. The Balaban J connectivity index is 1.88. The van der Waals surface area contributed by atoms with Crippen LogP contribution < -0.4 is 5.32 Å². The van der Waals surface area contributed by atoms with Crippen molar-refractivity contribution in [3.05, 3.63) is 0 Å². The summed E-state index contributed by atoms with van der Waals surface area (Å²) in [6.45, 7) is 4.68. The van der Waals surface area contributed by atoms with Crippen molar-refractivity contribution >= 4 is 0 Å². The average molecular weight is 268 g/mol. The van der Waals surface area contributed by atoms with Gasteiger partial charge in [0.15, 0.2) is 0 Å². The molecule has 0 aromatic heterocycles. The first kappa shape index (κ1) is 15.3. The second-order valence-corrected chi connectivity index (χ2v) is 6.57. The predicted molar refractivity (Wildman–Crippen MR) is 80.3 cm³/mol. The lowest BCUT2D eigenvalue weighted by molar-refractivity contribution is 0.117. The van der Waals surface area contributed by atoms with Gasteiger partial charge in [0.05, 0.1) is 6.61 Å². The monoisotopic (exact) mass is 268 g/mol. The molecule has 0 aromatic carbocycles. The Hall–Kier alpha value is -0.120. The molecule has 112 valence electrons. The van der Waals surface area contributed by atoms with E-state index in [1.165, 1.54) is 51.5 Å². The first-order valence-electron chi connectivity index (χ1n) is 8.30. The van der Waals surface area contributed by atoms with Crippen LogP contribution in [0.5, 0.6) is 0 Å². The fraction of sp³-hybridized carbons (Fsp3) is 1.00. The zero-order valence-corrected chi connectivity index (χ0v) is 12.8. The number of rotatable bonds is 8. The second kappa shape index (κ2) is 7.61. The SMILES string of the molecule is CCCC1CCC(NC)C(CN(CCO)C2CC2)C1. The van der Waals surface area contributed by atoms with Crippen LogP contribution in [0.3, 0.4) is 0 Å². The molecule has 3 atom stereocenters. The second-order valence-electron chi connectivity index (χ2n) is 6.57. The molecule has 3 heteroatoms. The summed E-state index contributed by atoms with van der Waals surface area (Å²) >= 11 is 0. The fourth-order valence-corrected chi connectivity index (χ4v) is 3.91. The Morgan fingerprint density at radius 2 is 2.00 bits per heavy atom. The van der Waals surface area contributed by atoms with Crippen molar-refractivity contribution in [2.45, 2.75) is 64.0 Å². The Morgan fingerprint density at radius 1 is 1.21 bits per heavy atom. The molecule has 2 saturated carbocycles. The Bertz CT molecular complexity index is 255. The minimum Gasteiger partial charge on any atom is -0.395 e. The molecule has 3 unspecified atom stereocenters. The normalized spacial score (nSPS) is 31.9. The highest BCUT2D eigenvalue weighted by molar-refractivity contribution is 4.90. The quantitative estimate of drug-likeness (QED) is 0.709. The zero-order chi connectivity index (χ0) is 13.7. The van der Waals surface area contributed by atoms with Crippen molar-refractivity contribution in [3.8, 4) is 0 Å². The van der Waals surface area contributed by atoms with E-state index in [-0.39, 0.29) is 0 Å². The van der Waals surface area contributed by atoms with Crippen molar-refractivity contribution < 1.29 is 5.11 Å². The third-order valence-corrected chi connectivity index (χ3v) is 5.08. The van der Waals surface area contributed by atoms with E-state index in [1.54, 1.807) is 0 Å². The number of aliphatic hydroxyl groups excluding tert-OH is 1. The summed E-state index contributed by atoms with van der Waals surface area (Å²) in [7, 11) is 2.12. The summed E-state index contributed by atoms with van der Waals surface area (Å²) in [5, 5.41) is 12.8. The smallest absolute Gasteiger partial charge is 0.0558 e. The average Bonchev–Trinajstić information content (AvgIpc) is 3.23. The number of hydrogen-bond acceptors (Lipinski definition) is 3. The Labute approximate surface area is 118 Å². The van der Waals surface area contributed by atoms with Crippen LogP contribution in [0.25, 0.3) is 0 Å². The van der Waals surface area contributed by atoms with Gasteiger partial charge >= 0.3 is 0 Å². The summed E-state index contributed by atoms with van der Waals surface area (Å²) in [6, 6.07) is 1.46. The van der Waals surface area contributed by atoms with Gasteiger partial charge in [-0.1, -0.05) is 19.8 Å². The molecular weight excluding hydrogens is 236 g/mol. The Morgan fingerprint density at radius 3 is 2.58 bits per heavy atom. The van der Waals surface area contributed by atoms with Gasteiger partial charge in [0, 0.05) is 25.2 Å². The van der Waals surface area contributed by atoms with E-state index in [0.29, 0.717) is 12.6 Å². The number of hydrogen-bond donors (Lipinski definition) is 2. The van der Waals surface area contributed by atoms with Crippen LogP contribution >= 0.6 is 0 Å². The number of nitrogens with one attached hydrogen (secondary N) is 1. The third kappa shape index (κ3) is 4.44. The lowest BCUT2D eigenvalue weighted by Gasteiger charge is -2.39. The topological polar surface area (TPSA) is 35.5 Å². The van der Waals surface area contributed by atoms with E-state index in [4.69, 9.17) is 0 Å². The first-order chi connectivity index (χ1) is 9.28. The molecule has 0 spiro atoms. The van der Waals surface area contributed by atoms with Crippen molar-refractivity contribution in [1.82, 2.24) is 10.2 Å². The number of nitrogens with zero attached hydrogens (tertiary/aromatic N) is 1. The molecule has 0 heterocycles. The van der Waals surface area contributed by atoms with Gasteiger partial charge in [-0.3, -0.25) is 4.90 Å². The van der Waals surface area contributed by atoms with Crippen molar-refractivity contribution in [3.63, 3.8) is 0 Å². The van der Waals surface area contributed by atoms with Gasteiger partial charge in [-0.15, -0.1) is 0 Å².